The maximum Gasteiger partial charge on any atom is 0.243 e. The van der Waals surface area contributed by atoms with Gasteiger partial charge in [-0.15, -0.1) is 5.10 Å². The summed E-state index contributed by atoms with van der Waals surface area (Å²) in [6.45, 7) is 4.24. The topological polar surface area (TPSA) is 42.2 Å². The second-order valence-corrected chi connectivity index (χ2v) is 4.64. The van der Waals surface area contributed by atoms with E-state index in [1.165, 1.54) is 12.8 Å². The summed E-state index contributed by atoms with van der Waals surface area (Å²) < 4.78 is 1.88. The van der Waals surface area contributed by atoms with Crippen LogP contribution in [0.5, 0.6) is 0 Å². The van der Waals surface area contributed by atoms with Gasteiger partial charge in [-0.05, 0) is 44.7 Å². The van der Waals surface area contributed by atoms with Crippen molar-refractivity contribution in [3.63, 3.8) is 0 Å². The number of anilines is 1. The summed E-state index contributed by atoms with van der Waals surface area (Å²) in [6.07, 6.45) is 2.67. The lowest BCUT2D eigenvalue weighted by atomic mass is 10.2. The smallest absolute Gasteiger partial charge is 0.243 e. The average molecular weight is 216 g/mol. The molecule has 84 valence electrons. The Morgan fingerprint density at radius 2 is 2.25 bits per heavy atom. The highest BCUT2D eigenvalue weighted by atomic mass is 15.4. The van der Waals surface area contributed by atoms with E-state index < -0.39 is 0 Å². The summed E-state index contributed by atoms with van der Waals surface area (Å²) >= 11 is 0. The van der Waals surface area contributed by atoms with Crippen LogP contribution in [0.2, 0.25) is 0 Å². The van der Waals surface area contributed by atoms with E-state index in [0.29, 0.717) is 6.04 Å². The Bertz CT molecular complexity index is 513. The largest absolute Gasteiger partial charge is 0.350 e. The van der Waals surface area contributed by atoms with Gasteiger partial charge in [-0.25, -0.2) is 4.52 Å². The molecule has 0 saturated heterocycles. The maximum absolute atomic E-state index is 4.46. The van der Waals surface area contributed by atoms with Crippen LogP contribution >= 0.6 is 0 Å². The van der Waals surface area contributed by atoms with E-state index in [-0.39, 0.29) is 0 Å². The van der Waals surface area contributed by atoms with Crippen molar-refractivity contribution in [1.82, 2.24) is 14.6 Å². The highest BCUT2D eigenvalue weighted by Gasteiger charge is 2.28. The normalized spacial score (nSPS) is 17.6. The molecule has 1 atom stereocenters. The predicted molar refractivity (Wildman–Crippen MR) is 63.5 cm³/mol. The van der Waals surface area contributed by atoms with Gasteiger partial charge in [0.2, 0.25) is 5.95 Å². The first-order chi connectivity index (χ1) is 7.74. The highest BCUT2D eigenvalue weighted by Crippen LogP contribution is 2.33. The third-order valence-corrected chi connectivity index (χ3v) is 3.23. The van der Waals surface area contributed by atoms with Crippen LogP contribution in [0, 0.1) is 12.8 Å². The van der Waals surface area contributed by atoms with Crippen LogP contribution in [0.1, 0.15) is 25.5 Å². The van der Waals surface area contributed by atoms with Crippen LogP contribution in [0.3, 0.4) is 0 Å². The molecular formula is C12H16N4. The van der Waals surface area contributed by atoms with Crippen molar-refractivity contribution in [2.45, 2.75) is 32.7 Å². The minimum Gasteiger partial charge on any atom is -0.350 e. The third-order valence-electron chi connectivity index (χ3n) is 3.23. The minimum absolute atomic E-state index is 0.484. The first kappa shape index (κ1) is 9.63. The summed E-state index contributed by atoms with van der Waals surface area (Å²) in [5.74, 6) is 1.56. The van der Waals surface area contributed by atoms with E-state index in [4.69, 9.17) is 0 Å². The summed E-state index contributed by atoms with van der Waals surface area (Å²) in [5.41, 5.74) is 2.02. The molecule has 4 heteroatoms. The number of hydrogen-bond acceptors (Lipinski definition) is 3. The Labute approximate surface area is 94.7 Å². The molecule has 1 fully saturated rings. The second kappa shape index (κ2) is 3.47. The monoisotopic (exact) mass is 216 g/mol. The molecule has 1 aliphatic rings. The zero-order chi connectivity index (χ0) is 11.1. The molecule has 0 radical (unpaired) electrons. The Morgan fingerprint density at radius 1 is 1.44 bits per heavy atom. The van der Waals surface area contributed by atoms with Crippen LogP contribution in [-0.2, 0) is 0 Å². The molecule has 1 aliphatic carbocycles. The molecule has 4 nitrogen and oxygen atoms in total. The van der Waals surface area contributed by atoms with Crippen molar-refractivity contribution in [2.75, 3.05) is 5.32 Å². The molecule has 2 heterocycles. The van der Waals surface area contributed by atoms with Crippen LogP contribution in [0.4, 0.5) is 5.95 Å². The van der Waals surface area contributed by atoms with Crippen LogP contribution in [0.25, 0.3) is 5.65 Å². The minimum atomic E-state index is 0.484. The number of fused-ring (bicyclic) bond motifs is 1. The molecule has 1 unspecified atom stereocenters. The van der Waals surface area contributed by atoms with E-state index >= 15 is 0 Å². The number of hydrogen-bond donors (Lipinski definition) is 1. The van der Waals surface area contributed by atoms with Gasteiger partial charge in [0.1, 0.15) is 0 Å². The molecule has 0 amide bonds. The van der Waals surface area contributed by atoms with Gasteiger partial charge < -0.3 is 5.32 Å². The fourth-order valence-electron chi connectivity index (χ4n) is 2.01. The zero-order valence-electron chi connectivity index (χ0n) is 9.64. The summed E-state index contributed by atoms with van der Waals surface area (Å²) in [4.78, 5) is 4.46. The molecule has 2 aromatic heterocycles. The van der Waals surface area contributed by atoms with Gasteiger partial charge in [-0.1, -0.05) is 6.07 Å². The van der Waals surface area contributed by atoms with Crippen molar-refractivity contribution in [2.24, 2.45) is 5.92 Å². The van der Waals surface area contributed by atoms with E-state index in [1.807, 2.05) is 29.6 Å². The first-order valence-corrected chi connectivity index (χ1v) is 5.83. The van der Waals surface area contributed by atoms with Crippen LogP contribution in [-0.4, -0.2) is 20.6 Å². The molecule has 0 aromatic carbocycles. The molecule has 1 saturated carbocycles. The first-order valence-electron chi connectivity index (χ1n) is 5.83. The van der Waals surface area contributed by atoms with Crippen molar-refractivity contribution in [1.29, 1.82) is 0 Å². The summed E-state index contributed by atoms with van der Waals surface area (Å²) in [5, 5.41) is 7.83. The number of nitrogens with zero attached hydrogens (tertiary/aromatic N) is 3. The Morgan fingerprint density at radius 3 is 2.94 bits per heavy atom. The lowest BCUT2D eigenvalue weighted by Gasteiger charge is -2.09. The van der Waals surface area contributed by atoms with Crippen LogP contribution in [0.15, 0.2) is 18.2 Å². The van der Waals surface area contributed by atoms with Gasteiger partial charge in [0.15, 0.2) is 5.65 Å². The molecular weight excluding hydrogens is 200 g/mol. The van der Waals surface area contributed by atoms with Crippen molar-refractivity contribution in [3.05, 3.63) is 23.9 Å². The van der Waals surface area contributed by atoms with Crippen molar-refractivity contribution >= 4 is 11.6 Å². The molecule has 2 aromatic rings. The van der Waals surface area contributed by atoms with Gasteiger partial charge in [-0.2, -0.15) is 4.98 Å². The molecule has 0 aliphatic heterocycles. The quantitative estimate of drug-likeness (QED) is 0.855. The molecule has 1 N–H and O–H groups in total. The summed E-state index contributed by atoms with van der Waals surface area (Å²) in [7, 11) is 0. The van der Waals surface area contributed by atoms with E-state index in [2.05, 4.69) is 22.3 Å². The van der Waals surface area contributed by atoms with Gasteiger partial charge in [0.25, 0.3) is 0 Å². The second-order valence-electron chi connectivity index (χ2n) is 4.64. The fraction of sp³-hybridized carbons (Fsp3) is 0.500. The van der Waals surface area contributed by atoms with Gasteiger partial charge in [0, 0.05) is 11.7 Å². The fourth-order valence-corrected chi connectivity index (χ4v) is 2.01. The van der Waals surface area contributed by atoms with Crippen LogP contribution < -0.4 is 5.32 Å². The third kappa shape index (κ3) is 1.64. The van der Waals surface area contributed by atoms with Crippen molar-refractivity contribution < 1.29 is 0 Å². The number of aryl methyl sites for hydroxylation is 1. The molecule has 0 bridgehead atoms. The number of aromatic nitrogens is 3. The maximum atomic E-state index is 4.46. The standard InChI is InChI=1S/C12H16N4/c1-8-4-3-5-11-14-12(15-16(8)11)13-9(2)10-6-7-10/h3-5,9-10H,6-7H2,1-2H3,(H,13,15). The number of pyridine rings is 1. The molecule has 16 heavy (non-hydrogen) atoms. The lowest BCUT2D eigenvalue weighted by molar-refractivity contribution is 0.685. The van der Waals surface area contributed by atoms with Gasteiger partial charge in [0.05, 0.1) is 0 Å². The SMILES string of the molecule is Cc1cccc2nc(NC(C)C3CC3)nn12. The highest BCUT2D eigenvalue weighted by molar-refractivity contribution is 5.44. The Hall–Kier alpha value is -1.58. The lowest BCUT2D eigenvalue weighted by Crippen LogP contribution is -2.18. The molecule has 3 rings (SSSR count). The van der Waals surface area contributed by atoms with E-state index in [0.717, 1.165) is 23.2 Å². The Kier molecular flexibility index (Phi) is 2.09. The molecule has 0 spiro atoms. The Balaban J connectivity index is 1.89. The van der Waals surface area contributed by atoms with E-state index in [9.17, 15) is 0 Å². The number of rotatable bonds is 3. The van der Waals surface area contributed by atoms with Crippen molar-refractivity contribution in [3.8, 4) is 0 Å². The predicted octanol–water partition coefficient (Wildman–Crippen LogP) is 2.25. The summed E-state index contributed by atoms with van der Waals surface area (Å²) in [6, 6.07) is 6.51. The number of nitrogens with one attached hydrogen (secondary N) is 1. The zero-order valence-corrected chi connectivity index (χ0v) is 9.64. The van der Waals surface area contributed by atoms with E-state index in [1.54, 1.807) is 0 Å². The van der Waals surface area contributed by atoms with Gasteiger partial charge >= 0.3 is 0 Å². The van der Waals surface area contributed by atoms with Gasteiger partial charge in [-0.3, -0.25) is 0 Å². The average Bonchev–Trinajstić information content (AvgIpc) is 3.01.